The molecule has 120 valence electrons. The van der Waals surface area contributed by atoms with Crippen molar-refractivity contribution in [3.05, 3.63) is 35.9 Å². The smallest absolute Gasteiger partial charge is 0.309 e. The van der Waals surface area contributed by atoms with E-state index >= 15 is 0 Å². The minimum Gasteiger partial charge on any atom is -0.481 e. The third-order valence-electron chi connectivity index (χ3n) is 5.57. The van der Waals surface area contributed by atoms with Crippen LogP contribution < -0.4 is 5.32 Å². The normalized spacial score (nSPS) is 26.6. The van der Waals surface area contributed by atoms with Crippen molar-refractivity contribution < 1.29 is 14.7 Å². The highest BCUT2D eigenvalue weighted by Gasteiger charge is 2.58. The number of aliphatic carboxylic acids is 1. The van der Waals surface area contributed by atoms with Gasteiger partial charge in [0.25, 0.3) is 0 Å². The highest BCUT2D eigenvalue weighted by Crippen LogP contribution is 2.56. The van der Waals surface area contributed by atoms with E-state index in [0.717, 1.165) is 6.42 Å². The molecule has 2 atom stereocenters. The summed E-state index contributed by atoms with van der Waals surface area (Å²) in [7, 11) is 0. The molecule has 22 heavy (non-hydrogen) atoms. The number of carboxylic acid groups (broad SMARTS) is 1. The van der Waals surface area contributed by atoms with Crippen LogP contribution in [0.4, 0.5) is 0 Å². The zero-order valence-corrected chi connectivity index (χ0v) is 13.6. The third-order valence-corrected chi connectivity index (χ3v) is 5.57. The maximum atomic E-state index is 12.5. The number of carbonyl (C=O) groups excluding carboxylic acids is 1. The first kappa shape index (κ1) is 16.5. The average molecular weight is 303 g/mol. The van der Waals surface area contributed by atoms with Crippen molar-refractivity contribution in [2.75, 3.05) is 6.54 Å². The van der Waals surface area contributed by atoms with E-state index < -0.39 is 16.8 Å². The number of carbonyl (C=O) groups is 2. The Morgan fingerprint density at radius 1 is 1.23 bits per heavy atom. The molecule has 0 unspecified atom stereocenters. The minimum absolute atomic E-state index is 0.0223. The SMILES string of the molecule is CC1(C)[C@H](C(=O)NCCc2ccccc2)CC[C@]1(C)C(=O)O. The van der Waals surface area contributed by atoms with Crippen molar-refractivity contribution in [2.24, 2.45) is 16.7 Å². The summed E-state index contributed by atoms with van der Waals surface area (Å²) in [5, 5.41) is 12.5. The summed E-state index contributed by atoms with van der Waals surface area (Å²) in [6.07, 6.45) is 1.97. The lowest BCUT2D eigenvalue weighted by atomic mass is 9.65. The van der Waals surface area contributed by atoms with Gasteiger partial charge in [-0.3, -0.25) is 9.59 Å². The molecule has 4 nitrogen and oxygen atoms in total. The Hall–Kier alpha value is -1.84. The molecule has 0 heterocycles. The van der Waals surface area contributed by atoms with Crippen molar-refractivity contribution in [1.29, 1.82) is 0 Å². The van der Waals surface area contributed by atoms with Crippen LogP contribution in [0.1, 0.15) is 39.2 Å². The topological polar surface area (TPSA) is 66.4 Å². The Balaban J connectivity index is 1.95. The second-order valence-corrected chi connectivity index (χ2v) is 6.98. The van der Waals surface area contributed by atoms with Gasteiger partial charge in [0.05, 0.1) is 5.41 Å². The van der Waals surface area contributed by atoms with E-state index in [2.05, 4.69) is 5.32 Å². The highest BCUT2D eigenvalue weighted by atomic mass is 16.4. The van der Waals surface area contributed by atoms with Crippen LogP contribution in [0.3, 0.4) is 0 Å². The lowest BCUT2D eigenvalue weighted by Gasteiger charge is -2.37. The molecule has 0 saturated heterocycles. The first-order valence-electron chi connectivity index (χ1n) is 7.84. The molecule has 2 N–H and O–H groups in total. The van der Waals surface area contributed by atoms with E-state index in [1.807, 2.05) is 44.2 Å². The number of benzene rings is 1. The third kappa shape index (κ3) is 2.87. The van der Waals surface area contributed by atoms with Crippen molar-refractivity contribution in [2.45, 2.75) is 40.0 Å². The fraction of sp³-hybridized carbons (Fsp3) is 0.556. The predicted octanol–water partition coefficient (Wildman–Crippen LogP) is 2.87. The lowest BCUT2D eigenvalue weighted by Crippen LogP contribution is -2.45. The molecule has 1 aliphatic carbocycles. The van der Waals surface area contributed by atoms with E-state index in [1.54, 1.807) is 6.92 Å². The Kier molecular flexibility index (Phi) is 4.59. The summed E-state index contributed by atoms with van der Waals surface area (Å²) in [4.78, 5) is 24.0. The Morgan fingerprint density at radius 2 is 1.86 bits per heavy atom. The summed E-state index contributed by atoms with van der Waals surface area (Å²) in [6.45, 7) is 6.14. The largest absolute Gasteiger partial charge is 0.481 e. The van der Waals surface area contributed by atoms with Gasteiger partial charge >= 0.3 is 5.97 Å². The van der Waals surface area contributed by atoms with Crippen LogP contribution in [-0.4, -0.2) is 23.5 Å². The molecule has 0 radical (unpaired) electrons. The van der Waals surface area contributed by atoms with Gasteiger partial charge in [-0.05, 0) is 37.2 Å². The van der Waals surface area contributed by atoms with Gasteiger partial charge in [-0.2, -0.15) is 0 Å². The number of amides is 1. The summed E-state index contributed by atoms with van der Waals surface area (Å²) in [5.41, 5.74) is -0.201. The second-order valence-electron chi connectivity index (χ2n) is 6.98. The first-order valence-corrected chi connectivity index (χ1v) is 7.84. The highest BCUT2D eigenvalue weighted by molar-refractivity contribution is 5.83. The molecule has 0 aromatic heterocycles. The van der Waals surface area contributed by atoms with Gasteiger partial charge in [0.2, 0.25) is 5.91 Å². The first-order chi connectivity index (χ1) is 10.3. The number of hydrogen-bond donors (Lipinski definition) is 2. The van der Waals surface area contributed by atoms with Crippen molar-refractivity contribution in [3.63, 3.8) is 0 Å². The molecular formula is C18H25NO3. The van der Waals surface area contributed by atoms with Crippen LogP contribution in [0.5, 0.6) is 0 Å². The monoisotopic (exact) mass is 303 g/mol. The van der Waals surface area contributed by atoms with E-state index in [4.69, 9.17) is 0 Å². The van der Waals surface area contributed by atoms with Crippen molar-refractivity contribution in [1.82, 2.24) is 5.32 Å². The number of carboxylic acids is 1. The maximum absolute atomic E-state index is 12.5. The molecule has 1 fully saturated rings. The van der Waals surface area contributed by atoms with Gasteiger partial charge in [0.1, 0.15) is 0 Å². The summed E-state index contributed by atoms with van der Waals surface area (Å²) < 4.78 is 0. The van der Waals surface area contributed by atoms with Crippen LogP contribution in [0.2, 0.25) is 0 Å². The van der Waals surface area contributed by atoms with Crippen LogP contribution in [0, 0.1) is 16.7 Å². The van der Waals surface area contributed by atoms with E-state index in [0.29, 0.717) is 19.4 Å². The van der Waals surface area contributed by atoms with Crippen LogP contribution in [0.25, 0.3) is 0 Å². The molecule has 0 aliphatic heterocycles. The fourth-order valence-electron chi connectivity index (χ4n) is 3.44. The van der Waals surface area contributed by atoms with Crippen LogP contribution in [0.15, 0.2) is 30.3 Å². The molecule has 1 aromatic carbocycles. The minimum atomic E-state index is -0.839. The molecule has 1 saturated carbocycles. The molecule has 0 bridgehead atoms. The molecule has 0 spiro atoms. The summed E-state index contributed by atoms with van der Waals surface area (Å²) >= 11 is 0. The Morgan fingerprint density at radius 3 is 2.41 bits per heavy atom. The maximum Gasteiger partial charge on any atom is 0.309 e. The standard InChI is InChI=1S/C18H25NO3/c1-17(2)14(9-11-18(17,3)16(21)22)15(20)19-12-10-13-7-5-4-6-8-13/h4-8,14H,9-12H2,1-3H3,(H,19,20)(H,21,22)/t14-,18+/m0/s1. The second kappa shape index (κ2) is 6.11. The molecular weight excluding hydrogens is 278 g/mol. The van der Waals surface area contributed by atoms with Gasteiger partial charge in [-0.25, -0.2) is 0 Å². The molecule has 2 rings (SSSR count). The van der Waals surface area contributed by atoms with E-state index in [-0.39, 0.29) is 11.8 Å². The van der Waals surface area contributed by atoms with Gasteiger partial charge < -0.3 is 10.4 Å². The van der Waals surface area contributed by atoms with Crippen LogP contribution >= 0.6 is 0 Å². The number of rotatable bonds is 5. The summed E-state index contributed by atoms with van der Waals surface area (Å²) in [5.74, 6) is -1.08. The summed E-state index contributed by atoms with van der Waals surface area (Å²) in [6, 6.07) is 10.0. The van der Waals surface area contributed by atoms with Gasteiger partial charge in [0.15, 0.2) is 0 Å². The molecule has 1 amide bonds. The zero-order valence-electron chi connectivity index (χ0n) is 13.6. The molecule has 1 aliphatic rings. The number of nitrogens with one attached hydrogen (secondary N) is 1. The Bertz CT molecular complexity index is 553. The van der Waals surface area contributed by atoms with Gasteiger partial charge in [0, 0.05) is 12.5 Å². The van der Waals surface area contributed by atoms with Gasteiger partial charge in [-0.1, -0.05) is 44.2 Å². The van der Waals surface area contributed by atoms with Crippen molar-refractivity contribution in [3.8, 4) is 0 Å². The number of hydrogen-bond acceptors (Lipinski definition) is 2. The van der Waals surface area contributed by atoms with E-state index in [9.17, 15) is 14.7 Å². The molecule has 1 aromatic rings. The van der Waals surface area contributed by atoms with Crippen LogP contribution in [-0.2, 0) is 16.0 Å². The van der Waals surface area contributed by atoms with Gasteiger partial charge in [-0.15, -0.1) is 0 Å². The average Bonchev–Trinajstić information content (AvgIpc) is 2.72. The zero-order chi connectivity index (χ0) is 16.4. The Labute approximate surface area is 131 Å². The fourth-order valence-corrected chi connectivity index (χ4v) is 3.44. The van der Waals surface area contributed by atoms with E-state index in [1.165, 1.54) is 5.56 Å². The molecule has 4 heteroatoms. The van der Waals surface area contributed by atoms with Crippen molar-refractivity contribution >= 4 is 11.9 Å². The lowest BCUT2D eigenvalue weighted by molar-refractivity contribution is -0.155. The predicted molar refractivity (Wildman–Crippen MR) is 85.4 cm³/mol. The quantitative estimate of drug-likeness (QED) is 0.879.